The van der Waals surface area contributed by atoms with Crippen LogP contribution in [0.4, 0.5) is 0 Å². The summed E-state index contributed by atoms with van der Waals surface area (Å²) in [4.78, 5) is 40.6. The molecule has 1 saturated heterocycles. The molecule has 0 radical (unpaired) electrons. The lowest BCUT2D eigenvalue weighted by atomic mass is 9.99. The molecule has 2 aromatic rings. The number of hydrogen-bond donors (Lipinski definition) is 3. The third kappa shape index (κ3) is 6.34. The summed E-state index contributed by atoms with van der Waals surface area (Å²) in [6.45, 7) is 5.64. The molecule has 7 nitrogen and oxygen atoms in total. The van der Waals surface area contributed by atoms with Gasteiger partial charge in [-0.3, -0.25) is 14.4 Å². The van der Waals surface area contributed by atoms with Crippen LogP contribution in [0, 0.1) is 0 Å². The molecule has 0 unspecified atom stereocenters. The maximum absolute atomic E-state index is 13.3. The quantitative estimate of drug-likeness (QED) is 0.571. The number of aliphatic hydroxyl groups is 1. The molecule has 3 N–H and O–H groups in total. The molecule has 9 heteroatoms. The minimum absolute atomic E-state index is 0.245. The zero-order valence-electron chi connectivity index (χ0n) is 18.4. The summed E-state index contributed by atoms with van der Waals surface area (Å²) in [5.74, 6) is -0.368. The van der Waals surface area contributed by atoms with Gasteiger partial charge in [0.25, 0.3) is 11.8 Å². The summed E-state index contributed by atoms with van der Waals surface area (Å²) in [7, 11) is 0. The van der Waals surface area contributed by atoms with Crippen LogP contribution in [-0.4, -0.2) is 63.1 Å². The van der Waals surface area contributed by atoms with Gasteiger partial charge < -0.3 is 20.6 Å². The Balaban J connectivity index is 1.77. The highest BCUT2D eigenvalue weighted by molar-refractivity contribution is 7.99. The summed E-state index contributed by atoms with van der Waals surface area (Å²) < 4.78 is 0. The minimum Gasteiger partial charge on any atom is -0.381 e. The van der Waals surface area contributed by atoms with E-state index < -0.39 is 29.6 Å². The van der Waals surface area contributed by atoms with Crippen molar-refractivity contribution in [2.45, 2.75) is 50.9 Å². The topological polar surface area (TPSA) is 98.7 Å². The number of thioether (sulfide) groups is 1. The van der Waals surface area contributed by atoms with Crippen LogP contribution in [0.3, 0.4) is 0 Å². The third-order valence-corrected chi connectivity index (χ3v) is 6.84. The molecule has 2 heterocycles. The zero-order chi connectivity index (χ0) is 23.3. The van der Waals surface area contributed by atoms with Gasteiger partial charge in [0.1, 0.15) is 6.04 Å². The largest absolute Gasteiger partial charge is 0.381 e. The third-order valence-electron chi connectivity index (χ3n) is 4.96. The van der Waals surface area contributed by atoms with Gasteiger partial charge in [0.05, 0.1) is 16.8 Å². The predicted molar refractivity (Wildman–Crippen MR) is 128 cm³/mol. The zero-order valence-corrected chi connectivity index (χ0v) is 20.0. The SMILES string of the molecule is CC(C)(C)NC(=O)[C@@H]1CSCN1C(=O)[C@@H](O)[C@H](Cc1ccccc1)NC(=O)c1cccs1. The van der Waals surface area contributed by atoms with Crippen molar-refractivity contribution in [2.75, 3.05) is 11.6 Å². The Bertz CT molecular complexity index is 928. The van der Waals surface area contributed by atoms with Gasteiger partial charge in [-0.05, 0) is 44.2 Å². The first-order valence-electron chi connectivity index (χ1n) is 10.4. The average Bonchev–Trinajstić information content (AvgIpc) is 3.43. The second-order valence-electron chi connectivity index (χ2n) is 8.75. The van der Waals surface area contributed by atoms with Crippen molar-refractivity contribution >= 4 is 40.8 Å². The maximum Gasteiger partial charge on any atom is 0.261 e. The molecule has 3 atom stereocenters. The van der Waals surface area contributed by atoms with Gasteiger partial charge in [-0.1, -0.05) is 36.4 Å². The van der Waals surface area contributed by atoms with Gasteiger partial charge in [0.2, 0.25) is 5.91 Å². The van der Waals surface area contributed by atoms with E-state index in [-0.39, 0.29) is 18.2 Å². The van der Waals surface area contributed by atoms with Crippen molar-refractivity contribution in [1.29, 1.82) is 0 Å². The summed E-state index contributed by atoms with van der Waals surface area (Å²) >= 11 is 2.75. The molecule has 1 aliphatic heterocycles. The molecule has 172 valence electrons. The smallest absolute Gasteiger partial charge is 0.261 e. The van der Waals surface area contributed by atoms with E-state index in [2.05, 4.69) is 10.6 Å². The fourth-order valence-corrected chi connectivity index (χ4v) is 5.22. The standard InChI is InChI=1S/C23H29N3O4S2/c1-23(2,3)25-20(28)17-13-31-14-26(17)22(30)19(27)16(12-15-8-5-4-6-9-15)24-21(29)18-10-7-11-32-18/h4-11,16-17,19,27H,12-14H2,1-3H3,(H,24,29)(H,25,28)/t16-,17-,19-/m0/s1. The summed E-state index contributed by atoms with van der Waals surface area (Å²) in [6.07, 6.45) is -1.20. The first kappa shape index (κ1) is 24.3. The van der Waals surface area contributed by atoms with Crippen LogP contribution in [0.2, 0.25) is 0 Å². The Kier molecular flexibility index (Phi) is 7.97. The van der Waals surface area contributed by atoms with E-state index in [9.17, 15) is 19.5 Å². The first-order valence-corrected chi connectivity index (χ1v) is 12.5. The Hall–Kier alpha value is -2.36. The lowest BCUT2D eigenvalue weighted by Crippen LogP contribution is -2.57. The van der Waals surface area contributed by atoms with Crippen LogP contribution in [0.25, 0.3) is 0 Å². The lowest BCUT2D eigenvalue weighted by Gasteiger charge is -2.31. The number of carbonyl (C=O) groups is 3. The average molecular weight is 476 g/mol. The molecule has 32 heavy (non-hydrogen) atoms. The summed E-state index contributed by atoms with van der Waals surface area (Å²) in [6, 6.07) is 11.3. The molecule has 1 fully saturated rings. The highest BCUT2D eigenvalue weighted by atomic mass is 32.2. The van der Waals surface area contributed by atoms with Gasteiger partial charge in [-0.15, -0.1) is 23.1 Å². The van der Waals surface area contributed by atoms with E-state index in [4.69, 9.17) is 0 Å². The number of carbonyl (C=O) groups excluding carboxylic acids is 3. The van der Waals surface area contributed by atoms with Crippen molar-refractivity contribution in [2.24, 2.45) is 0 Å². The van der Waals surface area contributed by atoms with Crippen LogP contribution < -0.4 is 10.6 Å². The van der Waals surface area contributed by atoms with E-state index in [0.29, 0.717) is 16.5 Å². The van der Waals surface area contributed by atoms with E-state index in [0.717, 1.165) is 5.56 Å². The first-order chi connectivity index (χ1) is 15.2. The van der Waals surface area contributed by atoms with Gasteiger partial charge in [-0.2, -0.15) is 0 Å². The number of thiophene rings is 1. The highest BCUT2D eigenvalue weighted by Crippen LogP contribution is 2.24. The molecule has 3 amide bonds. The number of nitrogens with zero attached hydrogens (tertiary/aromatic N) is 1. The van der Waals surface area contributed by atoms with Crippen molar-refractivity contribution in [1.82, 2.24) is 15.5 Å². The molecule has 0 aliphatic carbocycles. The van der Waals surface area contributed by atoms with Crippen LogP contribution in [0.15, 0.2) is 47.8 Å². The molecule has 3 rings (SSSR count). The molecule has 0 saturated carbocycles. The number of amides is 3. The van der Waals surface area contributed by atoms with Crippen molar-refractivity contribution in [3.8, 4) is 0 Å². The molecular weight excluding hydrogens is 446 g/mol. The molecule has 0 bridgehead atoms. The van der Waals surface area contributed by atoms with Gasteiger partial charge in [0.15, 0.2) is 6.10 Å². The number of rotatable bonds is 7. The number of nitrogens with one attached hydrogen (secondary N) is 2. The highest BCUT2D eigenvalue weighted by Gasteiger charge is 2.40. The van der Waals surface area contributed by atoms with Crippen LogP contribution in [0.5, 0.6) is 0 Å². The van der Waals surface area contributed by atoms with Gasteiger partial charge in [0, 0.05) is 11.3 Å². The minimum atomic E-state index is -1.48. The van der Waals surface area contributed by atoms with Gasteiger partial charge in [-0.25, -0.2) is 0 Å². The second-order valence-corrected chi connectivity index (χ2v) is 10.7. The molecule has 1 aromatic heterocycles. The Morgan fingerprint density at radius 3 is 2.50 bits per heavy atom. The van der Waals surface area contributed by atoms with Crippen molar-refractivity contribution in [3.63, 3.8) is 0 Å². The maximum atomic E-state index is 13.3. The Labute approximate surface area is 196 Å². The van der Waals surface area contributed by atoms with Crippen molar-refractivity contribution < 1.29 is 19.5 Å². The monoisotopic (exact) mass is 475 g/mol. The second kappa shape index (κ2) is 10.5. The number of benzene rings is 1. The predicted octanol–water partition coefficient (Wildman–Crippen LogP) is 2.27. The van der Waals surface area contributed by atoms with Crippen molar-refractivity contribution in [3.05, 3.63) is 58.3 Å². The summed E-state index contributed by atoms with van der Waals surface area (Å²) in [5, 5.41) is 18.6. The van der Waals surface area contributed by atoms with Crippen LogP contribution in [0.1, 0.15) is 36.0 Å². The normalized spacial score (nSPS) is 18.1. The van der Waals surface area contributed by atoms with E-state index in [1.54, 1.807) is 17.5 Å². The number of hydrogen-bond acceptors (Lipinski definition) is 6. The molecule has 0 spiro atoms. The fraction of sp³-hybridized carbons (Fsp3) is 0.435. The van der Waals surface area contributed by atoms with Crippen LogP contribution >= 0.6 is 23.1 Å². The van der Waals surface area contributed by atoms with Crippen LogP contribution in [-0.2, 0) is 16.0 Å². The molecular formula is C23H29N3O4S2. The molecule has 1 aromatic carbocycles. The lowest BCUT2D eigenvalue weighted by molar-refractivity contribution is -0.146. The Morgan fingerprint density at radius 1 is 1.16 bits per heavy atom. The fourth-order valence-electron chi connectivity index (χ4n) is 3.43. The van der Waals surface area contributed by atoms with E-state index >= 15 is 0 Å². The summed E-state index contributed by atoms with van der Waals surface area (Å²) in [5.41, 5.74) is 0.455. The van der Waals surface area contributed by atoms with E-state index in [1.807, 2.05) is 51.1 Å². The van der Waals surface area contributed by atoms with Gasteiger partial charge >= 0.3 is 0 Å². The van der Waals surface area contributed by atoms with E-state index in [1.165, 1.54) is 28.0 Å². The number of aliphatic hydroxyl groups excluding tert-OH is 1. The Morgan fingerprint density at radius 2 is 1.88 bits per heavy atom. The molecule has 1 aliphatic rings.